The van der Waals surface area contributed by atoms with E-state index in [2.05, 4.69) is 21.2 Å². The van der Waals surface area contributed by atoms with E-state index >= 15 is 0 Å². The van der Waals surface area contributed by atoms with Crippen molar-refractivity contribution in [2.75, 3.05) is 5.32 Å². The Morgan fingerprint density at radius 1 is 0.957 bits per heavy atom. The molecule has 3 aromatic rings. The molecule has 0 aliphatic heterocycles. The van der Waals surface area contributed by atoms with Gasteiger partial charge in [-0.2, -0.15) is 0 Å². The fourth-order valence-electron chi connectivity index (χ4n) is 2.07. The van der Waals surface area contributed by atoms with E-state index in [0.29, 0.717) is 5.76 Å². The Bertz CT molecular complexity index is 820. The molecule has 3 nitrogen and oxygen atoms in total. The highest BCUT2D eigenvalue weighted by molar-refractivity contribution is 9.10. The summed E-state index contributed by atoms with van der Waals surface area (Å²) in [4.78, 5) is 11.9. The van der Waals surface area contributed by atoms with Crippen LogP contribution in [0.15, 0.2) is 81.7 Å². The van der Waals surface area contributed by atoms with Gasteiger partial charge in [0.1, 0.15) is 11.5 Å². The molecule has 1 N–H and O–H groups in total. The van der Waals surface area contributed by atoms with Crippen LogP contribution < -0.4 is 5.32 Å². The maximum absolute atomic E-state index is 11.9. The maximum Gasteiger partial charge on any atom is 0.248 e. The first kappa shape index (κ1) is 15.3. The zero-order chi connectivity index (χ0) is 16.1. The topological polar surface area (TPSA) is 42.2 Å². The van der Waals surface area contributed by atoms with Gasteiger partial charge < -0.3 is 9.73 Å². The summed E-state index contributed by atoms with van der Waals surface area (Å²) in [6, 6.07) is 20.9. The van der Waals surface area contributed by atoms with Gasteiger partial charge in [0.05, 0.1) is 0 Å². The molecule has 1 heterocycles. The first-order chi connectivity index (χ1) is 11.2. The quantitative estimate of drug-likeness (QED) is 0.630. The number of para-hydroxylation sites is 1. The van der Waals surface area contributed by atoms with Crippen LogP contribution in [0.1, 0.15) is 5.76 Å². The Labute approximate surface area is 142 Å². The SMILES string of the molecule is O=C(/C=C/c1ccc(-c2ccc(Br)cc2)o1)Nc1ccccc1. The van der Waals surface area contributed by atoms with E-state index in [1.807, 2.05) is 66.7 Å². The molecule has 1 amide bonds. The number of furan rings is 1. The van der Waals surface area contributed by atoms with E-state index in [9.17, 15) is 4.79 Å². The second kappa shape index (κ2) is 7.11. The number of rotatable bonds is 4. The van der Waals surface area contributed by atoms with Gasteiger partial charge in [0.25, 0.3) is 0 Å². The van der Waals surface area contributed by atoms with Gasteiger partial charge in [0.15, 0.2) is 0 Å². The summed E-state index contributed by atoms with van der Waals surface area (Å²) in [5.74, 6) is 1.20. The zero-order valence-electron chi connectivity index (χ0n) is 12.2. The first-order valence-corrected chi connectivity index (χ1v) is 7.90. The third kappa shape index (κ3) is 4.20. The summed E-state index contributed by atoms with van der Waals surface area (Å²) in [6.45, 7) is 0. The largest absolute Gasteiger partial charge is 0.457 e. The lowest BCUT2D eigenvalue weighted by Crippen LogP contribution is -2.07. The Morgan fingerprint density at radius 2 is 1.70 bits per heavy atom. The minimum absolute atomic E-state index is 0.196. The van der Waals surface area contributed by atoms with Gasteiger partial charge >= 0.3 is 0 Å². The number of nitrogens with one attached hydrogen (secondary N) is 1. The summed E-state index contributed by atoms with van der Waals surface area (Å²) in [7, 11) is 0. The van der Waals surface area contributed by atoms with Gasteiger partial charge in [-0.1, -0.05) is 46.3 Å². The normalized spacial score (nSPS) is 10.8. The van der Waals surface area contributed by atoms with Crippen LogP contribution in [0.3, 0.4) is 0 Å². The number of hydrogen-bond donors (Lipinski definition) is 1. The molecule has 114 valence electrons. The van der Waals surface area contributed by atoms with Crippen molar-refractivity contribution in [1.82, 2.24) is 0 Å². The average Bonchev–Trinajstić information content (AvgIpc) is 3.04. The van der Waals surface area contributed by atoms with Crippen molar-refractivity contribution in [2.45, 2.75) is 0 Å². The van der Waals surface area contributed by atoms with E-state index in [1.54, 1.807) is 6.08 Å². The van der Waals surface area contributed by atoms with Crippen molar-refractivity contribution in [3.8, 4) is 11.3 Å². The van der Waals surface area contributed by atoms with Crippen molar-refractivity contribution in [2.24, 2.45) is 0 Å². The monoisotopic (exact) mass is 367 g/mol. The third-order valence-electron chi connectivity index (χ3n) is 3.20. The molecule has 0 spiro atoms. The van der Waals surface area contributed by atoms with Gasteiger partial charge in [-0.25, -0.2) is 0 Å². The van der Waals surface area contributed by atoms with E-state index in [4.69, 9.17) is 4.42 Å². The number of hydrogen-bond acceptors (Lipinski definition) is 2. The molecule has 0 saturated carbocycles. The Hall–Kier alpha value is -2.59. The molecule has 23 heavy (non-hydrogen) atoms. The summed E-state index contributed by atoms with van der Waals surface area (Å²) in [5, 5.41) is 2.78. The van der Waals surface area contributed by atoms with Crippen molar-refractivity contribution < 1.29 is 9.21 Å². The fourth-order valence-corrected chi connectivity index (χ4v) is 2.34. The van der Waals surface area contributed by atoms with E-state index in [0.717, 1.165) is 21.5 Å². The molecule has 0 fully saturated rings. The lowest BCUT2D eigenvalue weighted by molar-refractivity contribution is -0.111. The average molecular weight is 368 g/mol. The lowest BCUT2D eigenvalue weighted by atomic mass is 10.2. The predicted molar refractivity (Wildman–Crippen MR) is 95.9 cm³/mol. The smallest absolute Gasteiger partial charge is 0.248 e. The van der Waals surface area contributed by atoms with Gasteiger partial charge in [-0.3, -0.25) is 4.79 Å². The Balaban J connectivity index is 1.66. The molecular formula is C19H14BrNO2. The molecule has 0 saturated heterocycles. The molecular weight excluding hydrogens is 354 g/mol. The van der Waals surface area contributed by atoms with Crippen LogP contribution in [-0.4, -0.2) is 5.91 Å². The third-order valence-corrected chi connectivity index (χ3v) is 3.72. The summed E-state index contributed by atoms with van der Waals surface area (Å²) >= 11 is 3.40. The van der Waals surface area contributed by atoms with Gasteiger partial charge in [0, 0.05) is 21.8 Å². The van der Waals surface area contributed by atoms with Crippen LogP contribution in [0, 0.1) is 0 Å². The van der Waals surface area contributed by atoms with Gasteiger partial charge in [-0.05, 0) is 42.5 Å². The molecule has 3 rings (SSSR count). The highest BCUT2D eigenvalue weighted by Gasteiger charge is 2.03. The van der Waals surface area contributed by atoms with Crippen LogP contribution in [0.2, 0.25) is 0 Å². The van der Waals surface area contributed by atoms with E-state index in [-0.39, 0.29) is 5.91 Å². The molecule has 1 aromatic heterocycles. The molecule has 2 aromatic carbocycles. The van der Waals surface area contributed by atoms with Crippen LogP contribution in [0.4, 0.5) is 5.69 Å². The summed E-state index contributed by atoms with van der Waals surface area (Å²) in [5.41, 5.74) is 1.75. The van der Waals surface area contributed by atoms with Crippen molar-refractivity contribution in [1.29, 1.82) is 0 Å². The number of carbonyl (C=O) groups is 1. The second-order valence-electron chi connectivity index (χ2n) is 4.90. The highest BCUT2D eigenvalue weighted by atomic mass is 79.9. The predicted octanol–water partition coefficient (Wildman–Crippen LogP) is 5.36. The zero-order valence-corrected chi connectivity index (χ0v) is 13.8. The number of carbonyl (C=O) groups excluding carboxylic acids is 1. The summed E-state index contributed by atoms with van der Waals surface area (Å²) < 4.78 is 6.75. The van der Waals surface area contributed by atoms with E-state index in [1.165, 1.54) is 6.08 Å². The van der Waals surface area contributed by atoms with Crippen molar-refractivity contribution in [3.63, 3.8) is 0 Å². The van der Waals surface area contributed by atoms with Gasteiger partial charge in [0.2, 0.25) is 5.91 Å². The van der Waals surface area contributed by atoms with Crippen LogP contribution in [0.25, 0.3) is 17.4 Å². The molecule has 0 aliphatic carbocycles. The number of amides is 1. The Morgan fingerprint density at radius 3 is 2.43 bits per heavy atom. The molecule has 0 aliphatic rings. The minimum atomic E-state index is -0.196. The highest BCUT2D eigenvalue weighted by Crippen LogP contribution is 2.24. The first-order valence-electron chi connectivity index (χ1n) is 7.10. The van der Waals surface area contributed by atoms with Crippen molar-refractivity contribution >= 4 is 33.6 Å². The number of anilines is 1. The van der Waals surface area contributed by atoms with Crippen LogP contribution >= 0.6 is 15.9 Å². The Kier molecular flexibility index (Phi) is 4.74. The second-order valence-corrected chi connectivity index (χ2v) is 5.81. The van der Waals surface area contributed by atoms with Crippen LogP contribution in [-0.2, 0) is 4.79 Å². The van der Waals surface area contributed by atoms with Crippen molar-refractivity contribution in [3.05, 3.63) is 83.0 Å². The summed E-state index contributed by atoms with van der Waals surface area (Å²) in [6.07, 6.45) is 3.11. The van der Waals surface area contributed by atoms with E-state index < -0.39 is 0 Å². The minimum Gasteiger partial charge on any atom is -0.457 e. The number of benzene rings is 2. The maximum atomic E-state index is 11.9. The molecule has 0 radical (unpaired) electrons. The van der Waals surface area contributed by atoms with Crippen LogP contribution in [0.5, 0.6) is 0 Å². The molecule has 0 bridgehead atoms. The lowest BCUT2D eigenvalue weighted by Gasteiger charge is -2.00. The standard InChI is InChI=1S/C19H14BrNO2/c20-15-8-6-14(7-9-15)18-12-10-17(23-18)11-13-19(22)21-16-4-2-1-3-5-16/h1-13H,(H,21,22)/b13-11+. The number of halogens is 1. The molecule has 0 unspecified atom stereocenters. The van der Waals surface area contributed by atoms with Gasteiger partial charge in [-0.15, -0.1) is 0 Å². The fraction of sp³-hybridized carbons (Fsp3) is 0. The molecule has 4 heteroatoms. The molecule has 0 atom stereocenters.